The lowest BCUT2D eigenvalue weighted by Crippen LogP contribution is -2.66. The standard InChI is InChI=1S/2C24H34N4O4S2/c2*1-23(2)22(29)25-11-12-26(23)16-20-17-27(34(31,32)21-6-5-15-33-21)13-14-28(20)19-9-7-18(8-10-19)24(3,4)30/h2*5-10,15,20,30H,11-14,16-17H2,1-4H3,(H,25,29)/t2*20-/m00/s1. The number of benzene rings is 2. The first kappa shape index (κ1) is 51.9. The lowest BCUT2D eigenvalue weighted by atomic mass is 9.96. The van der Waals surface area contributed by atoms with E-state index in [0.29, 0.717) is 87.0 Å². The van der Waals surface area contributed by atoms with Crippen LogP contribution >= 0.6 is 22.7 Å². The van der Waals surface area contributed by atoms with E-state index in [1.165, 1.54) is 22.7 Å². The normalized spacial score (nSPS) is 22.6. The fourth-order valence-electron chi connectivity index (χ4n) is 9.31. The Morgan fingerprint density at radius 3 is 1.24 bits per heavy atom. The monoisotopic (exact) mass is 1010 g/mol. The smallest absolute Gasteiger partial charge is 0.252 e. The maximum atomic E-state index is 13.3. The number of amides is 2. The van der Waals surface area contributed by atoms with Gasteiger partial charge in [0.15, 0.2) is 0 Å². The van der Waals surface area contributed by atoms with E-state index in [4.69, 9.17) is 0 Å². The summed E-state index contributed by atoms with van der Waals surface area (Å²) in [6, 6.07) is 22.1. The number of carbonyl (C=O) groups is 2. The first-order valence-corrected chi connectivity index (χ1v) is 27.8. The number of hydrogen-bond donors (Lipinski definition) is 4. The highest BCUT2D eigenvalue weighted by Crippen LogP contribution is 2.33. The molecule has 0 saturated carbocycles. The van der Waals surface area contributed by atoms with Crippen LogP contribution in [-0.4, -0.2) is 159 Å². The summed E-state index contributed by atoms with van der Waals surface area (Å²) in [6.07, 6.45) is 0. The van der Waals surface area contributed by atoms with Crippen molar-refractivity contribution >= 4 is 65.9 Å². The van der Waals surface area contributed by atoms with Crippen LogP contribution in [0.1, 0.15) is 66.5 Å². The van der Waals surface area contributed by atoms with Crippen LogP contribution in [0.25, 0.3) is 0 Å². The molecule has 68 heavy (non-hydrogen) atoms. The molecule has 4 aliphatic heterocycles. The number of sulfonamides is 2. The Morgan fingerprint density at radius 1 is 0.574 bits per heavy atom. The van der Waals surface area contributed by atoms with Crippen molar-refractivity contribution in [2.45, 2.75) is 98.2 Å². The van der Waals surface area contributed by atoms with Crippen molar-refractivity contribution in [3.05, 3.63) is 94.7 Å². The molecule has 4 saturated heterocycles. The molecular formula is C48H68N8O8S4. The van der Waals surface area contributed by atoms with Crippen LogP contribution in [0.5, 0.6) is 0 Å². The van der Waals surface area contributed by atoms with Gasteiger partial charge in [0, 0.05) is 89.9 Å². The molecule has 16 nitrogen and oxygen atoms in total. The van der Waals surface area contributed by atoms with E-state index in [9.17, 15) is 36.6 Å². The van der Waals surface area contributed by atoms with Crippen LogP contribution < -0.4 is 20.4 Å². The van der Waals surface area contributed by atoms with Gasteiger partial charge in [0.25, 0.3) is 20.0 Å². The van der Waals surface area contributed by atoms with Gasteiger partial charge in [-0.2, -0.15) is 8.61 Å². The third-order valence-electron chi connectivity index (χ3n) is 13.8. The minimum absolute atomic E-state index is 0.0151. The number of rotatable bonds is 12. The quantitative estimate of drug-likeness (QED) is 0.159. The van der Waals surface area contributed by atoms with Crippen LogP contribution in [0, 0.1) is 0 Å². The molecule has 372 valence electrons. The van der Waals surface area contributed by atoms with E-state index in [-0.39, 0.29) is 23.9 Å². The zero-order valence-corrected chi connectivity index (χ0v) is 43.6. The zero-order valence-electron chi connectivity index (χ0n) is 40.4. The molecule has 0 spiro atoms. The van der Waals surface area contributed by atoms with Gasteiger partial charge in [-0.1, -0.05) is 36.4 Å². The molecular weight excluding hydrogens is 945 g/mol. The molecule has 4 aromatic rings. The molecule has 4 N–H and O–H groups in total. The number of aliphatic hydroxyl groups is 2. The Labute approximate surface area is 410 Å². The highest BCUT2D eigenvalue weighted by Gasteiger charge is 2.44. The molecule has 2 aromatic carbocycles. The van der Waals surface area contributed by atoms with Crippen LogP contribution in [0.15, 0.2) is 92.0 Å². The van der Waals surface area contributed by atoms with Crippen molar-refractivity contribution in [3.8, 4) is 0 Å². The van der Waals surface area contributed by atoms with Crippen molar-refractivity contribution < 1.29 is 36.6 Å². The Hall–Kier alpha value is -3.96. The molecule has 0 bridgehead atoms. The van der Waals surface area contributed by atoms with Crippen molar-refractivity contribution in [2.24, 2.45) is 0 Å². The topological polar surface area (TPSA) is 186 Å². The predicted octanol–water partition coefficient (Wildman–Crippen LogP) is 4.13. The van der Waals surface area contributed by atoms with E-state index < -0.39 is 42.3 Å². The van der Waals surface area contributed by atoms with Gasteiger partial charge in [-0.05, 0) is 114 Å². The fraction of sp³-hybridized carbons (Fsp3) is 0.542. The molecule has 2 atom stereocenters. The van der Waals surface area contributed by atoms with Crippen LogP contribution in [0.3, 0.4) is 0 Å². The predicted molar refractivity (Wildman–Crippen MR) is 269 cm³/mol. The first-order valence-electron chi connectivity index (χ1n) is 23.1. The Balaban J connectivity index is 0.000000201. The van der Waals surface area contributed by atoms with Gasteiger partial charge in [-0.15, -0.1) is 22.7 Å². The molecule has 0 aliphatic carbocycles. The number of carbonyl (C=O) groups excluding carboxylic acids is 2. The van der Waals surface area contributed by atoms with E-state index in [1.807, 2.05) is 76.2 Å². The second kappa shape index (κ2) is 20.0. The van der Waals surface area contributed by atoms with Gasteiger partial charge in [0.05, 0.1) is 34.4 Å². The lowest BCUT2D eigenvalue weighted by molar-refractivity contribution is -0.135. The average molecular weight is 1010 g/mol. The summed E-state index contributed by atoms with van der Waals surface area (Å²) in [4.78, 5) is 33.8. The van der Waals surface area contributed by atoms with Crippen molar-refractivity contribution in [1.82, 2.24) is 29.0 Å². The van der Waals surface area contributed by atoms with Gasteiger partial charge < -0.3 is 30.6 Å². The van der Waals surface area contributed by atoms with Gasteiger partial charge in [-0.3, -0.25) is 19.4 Å². The Kier molecular flexibility index (Phi) is 15.3. The van der Waals surface area contributed by atoms with Gasteiger partial charge in [0.1, 0.15) is 8.42 Å². The molecule has 2 aromatic heterocycles. The van der Waals surface area contributed by atoms with Gasteiger partial charge >= 0.3 is 0 Å². The lowest BCUT2D eigenvalue weighted by Gasteiger charge is -2.48. The maximum Gasteiger partial charge on any atom is 0.252 e. The Morgan fingerprint density at radius 2 is 0.926 bits per heavy atom. The minimum Gasteiger partial charge on any atom is -0.386 e. The Bertz CT molecular complexity index is 2400. The summed E-state index contributed by atoms with van der Waals surface area (Å²) in [7, 11) is -7.14. The number of hydrogen-bond acceptors (Lipinski definition) is 14. The third kappa shape index (κ3) is 11.1. The van der Waals surface area contributed by atoms with Crippen LogP contribution in [0.2, 0.25) is 0 Å². The van der Waals surface area contributed by atoms with Gasteiger partial charge in [-0.25, -0.2) is 16.8 Å². The second-order valence-electron chi connectivity index (χ2n) is 20.0. The molecule has 0 radical (unpaired) electrons. The summed E-state index contributed by atoms with van der Waals surface area (Å²) < 4.78 is 57.0. The summed E-state index contributed by atoms with van der Waals surface area (Å²) in [5.41, 5.74) is 0.373. The fourth-order valence-corrected chi connectivity index (χ4v) is 14.5. The molecule has 20 heteroatoms. The van der Waals surface area contributed by atoms with Crippen molar-refractivity contribution in [3.63, 3.8) is 0 Å². The zero-order chi connectivity index (χ0) is 49.5. The maximum absolute atomic E-state index is 13.3. The molecule has 6 heterocycles. The number of nitrogens with one attached hydrogen (secondary N) is 2. The average Bonchev–Trinajstić information content (AvgIpc) is 4.04. The number of anilines is 2. The van der Waals surface area contributed by atoms with Crippen LogP contribution in [0.4, 0.5) is 11.4 Å². The first-order chi connectivity index (χ1) is 31.8. The summed E-state index contributed by atoms with van der Waals surface area (Å²) in [5, 5.41) is 30.1. The molecule has 2 amide bonds. The number of piperazine rings is 4. The molecule has 0 unspecified atom stereocenters. The molecule has 4 aliphatic rings. The highest BCUT2D eigenvalue weighted by atomic mass is 32.3. The summed E-state index contributed by atoms with van der Waals surface area (Å²) >= 11 is 2.46. The summed E-state index contributed by atoms with van der Waals surface area (Å²) in [5.74, 6) is -0.0302. The molecule has 4 fully saturated rings. The summed E-state index contributed by atoms with van der Waals surface area (Å²) in [6.45, 7) is 20.8. The largest absolute Gasteiger partial charge is 0.386 e. The van der Waals surface area contributed by atoms with Crippen LogP contribution in [-0.2, 0) is 40.8 Å². The SMILES string of the molecule is CC(C)(O)c1ccc(N2CCN(S(=O)(=O)c3cccs3)C[C@@H]2CN2CCNC(=O)C2(C)C)cc1.CC(C)(O)c1ccc(N2CCN(S(=O)(=O)c3cccs3)C[C@@H]2CN2CCNC(=O)C2(C)C)cc1. The van der Waals surface area contributed by atoms with Gasteiger partial charge in [0.2, 0.25) is 11.8 Å². The van der Waals surface area contributed by atoms with E-state index in [1.54, 1.807) is 71.3 Å². The van der Waals surface area contributed by atoms with Crippen molar-refractivity contribution in [1.29, 1.82) is 0 Å². The van der Waals surface area contributed by atoms with E-state index in [0.717, 1.165) is 22.5 Å². The highest BCUT2D eigenvalue weighted by molar-refractivity contribution is 7.91. The number of thiophene rings is 2. The number of nitrogens with zero attached hydrogens (tertiary/aromatic N) is 6. The van der Waals surface area contributed by atoms with E-state index >= 15 is 0 Å². The van der Waals surface area contributed by atoms with E-state index in [2.05, 4.69) is 30.2 Å². The van der Waals surface area contributed by atoms with Crippen molar-refractivity contribution in [2.75, 3.05) is 88.3 Å². The molecule has 8 rings (SSSR count). The third-order valence-corrected chi connectivity index (χ3v) is 20.2. The minimum atomic E-state index is -3.57. The second-order valence-corrected chi connectivity index (χ2v) is 26.2.